The third-order valence-electron chi connectivity index (χ3n) is 6.95. The fourth-order valence-electron chi connectivity index (χ4n) is 5.51. The predicted octanol–water partition coefficient (Wildman–Crippen LogP) is 5.45. The quantitative estimate of drug-likeness (QED) is 0.579. The molecule has 5 rings (SSSR count). The molecule has 4 nitrogen and oxygen atoms in total. The van der Waals surface area contributed by atoms with Gasteiger partial charge in [0.15, 0.2) is 0 Å². The van der Waals surface area contributed by atoms with E-state index in [0.717, 1.165) is 12.1 Å². The zero-order valence-electron chi connectivity index (χ0n) is 17.6. The number of benzene rings is 2. The van der Waals surface area contributed by atoms with Gasteiger partial charge in [0, 0.05) is 23.0 Å². The average molecular weight is 404 g/mol. The Balaban J connectivity index is 1.82. The number of nitrogens with zero attached hydrogens (tertiary/aromatic N) is 1. The SMILES string of the molecule is COC(=O)c1ccc2c(C3CCCCC3)c3n(c2c1)CCC(O)Cc1ccccc1-3. The van der Waals surface area contributed by atoms with Crippen LogP contribution in [0, 0.1) is 0 Å². The van der Waals surface area contributed by atoms with Crippen molar-refractivity contribution in [1.29, 1.82) is 0 Å². The zero-order valence-corrected chi connectivity index (χ0v) is 17.6. The normalized spacial score (nSPS) is 19.6. The molecule has 0 amide bonds. The van der Waals surface area contributed by atoms with E-state index in [-0.39, 0.29) is 12.1 Å². The van der Waals surface area contributed by atoms with Crippen molar-refractivity contribution in [2.24, 2.45) is 0 Å². The van der Waals surface area contributed by atoms with Gasteiger partial charge in [-0.3, -0.25) is 0 Å². The van der Waals surface area contributed by atoms with E-state index in [1.54, 1.807) is 0 Å². The van der Waals surface area contributed by atoms with Crippen LogP contribution >= 0.6 is 0 Å². The molecule has 0 radical (unpaired) electrons. The Hall–Kier alpha value is -2.59. The second kappa shape index (κ2) is 7.92. The molecule has 2 aromatic carbocycles. The van der Waals surface area contributed by atoms with Gasteiger partial charge in [-0.1, -0.05) is 49.6 Å². The van der Waals surface area contributed by atoms with E-state index in [9.17, 15) is 9.90 Å². The summed E-state index contributed by atoms with van der Waals surface area (Å²) < 4.78 is 7.34. The standard InChI is InChI=1S/C26H29NO3/c1-30-26(29)19-11-12-22-23(16-19)27-14-13-20(28)15-18-9-5-6-10-21(18)25(27)24(22)17-7-3-2-4-8-17/h5-6,9-12,16-17,20,28H,2-4,7-8,13-15H2,1H3. The summed E-state index contributed by atoms with van der Waals surface area (Å²) in [7, 11) is 1.43. The Kier molecular flexibility index (Phi) is 5.11. The van der Waals surface area contributed by atoms with E-state index in [1.165, 1.54) is 67.0 Å². The summed E-state index contributed by atoms with van der Waals surface area (Å²) in [5, 5.41) is 11.9. The number of ether oxygens (including phenoxy) is 1. The van der Waals surface area contributed by atoms with Gasteiger partial charge in [-0.05, 0) is 54.9 Å². The molecule has 2 aliphatic rings. The lowest BCUT2D eigenvalue weighted by Crippen LogP contribution is -2.18. The third kappa shape index (κ3) is 3.24. The number of aliphatic hydroxyl groups excluding tert-OH is 1. The number of hydrogen-bond donors (Lipinski definition) is 1. The van der Waals surface area contributed by atoms with E-state index < -0.39 is 0 Å². The van der Waals surface area contributed by atoms with Crippen molar-refractivity contribution >= 4 is 16.9 Å². The van der Waals surface area contributed by atoms with E-state index in [0.29, 0.717) is 24.3 Å². The molecule has 3 aromatic rings. The topological polar surface area (TPSA) is 51.5 Å². The van der Waals surface area contributed by atoms with Crippen molar-refractivity contribution in [2.75, 3.05) is 7.11 Å². The van der Waals surface area contributed by atoms with Gasteiger partial charge in [-0.2, -0.15) is 0 Å². The minimum Gasteiger partial charge on any atom is -0.465 e. The summed E-state index contributed by atoms with van der Waals surface area (Å²) >= 11 is 0. The summed E-state index contributed by atoms with van der Waals surface area (Å²) in [6, 6.07) is 14.5. The molecule has 4 heteroatoms. The number of carbonyl (C=O) groups excluding carboxylic acids is 1. The molecule has 1 atom stereocenters. The highest BCUT2D eigenvalue weighted by atomic mass is 16.5. The Morgan fingerprint density at radius 2 is 1.87 bits per heavy atom. The Bertz CT molecular complexity index is 1090. The lowest BCUT2D eigenvalue weighted by molar-refractivity contribution is 0.0601. The number of rotatable bonds is 2. The predicted molar refractivity (Wildman–Crippen MR) is 119 cm³/mol. The molecule has 156 valence electrons. The number of aliphatic hydroxyl groups is 1. The Labute approximate surface area is 177 Å². The van der Waals surface area contributed by atoms with Crippen molar-refractivity contribution in [2.45, 2.75) is 63.5 Å². The molecule has 1 N–H and O–H groups in total. The van der Waals surface area contributed by atoms with Gasteiger partial charge in [-0.25, -0.2) is 4.79 Å². The molecule has 1 aliphatic heterocycles. The Morgan fingerprint density at radius 3 is 2.67 bits per heavy atom. The largest absolute Gasteiger partial charge is 0.465 e. The van der Waals surface area contributed by atoms with Crippen LogP contribution in [0.4, 0.5) is 0 Å². The number of esters is 1. The van der Waals surface area contributed by atoms with Crippen molar-refractivity contribution < 1.29 is 14.6 Å². The van der Waals surface area contributed by atoms with E-state index in [2.05, 4.69) is 34.9 Å². The first-order valence-electron chi connectivity index (χ1n) is 11.2. The lowest BCUT2D eigenvalue weighted by Gasteiger charge is -2.26. The van der Waals surface area contributed by atoms with Gasteiger partial charge in [-0.15, -0.1) is 0 Å². The first kappa shape index (κ1) is 19.4. The maximum Gasteiger partial charge on any atom is 0.337 e. The van der Waals surface area contributed by atoms with Crippen molar-refractivity contribution in [3.05, 3.63) is 59.2 Å². The van der Waals surface area contributed by atoms with Crippen LogP contribution in [-0.4, -0.2) is 28.9 Å². The minimum absolute atomic E-state index is 0.307. The van der Waals surface area contributed by atoms with Crippen molar-refractivity contribution in [3.63, 3.8) is 0 Å². The van der Waals surface area contributed by atoms with E-state index >= 15 is 0 Å². The molecule has 2 heterocycles. The summed E-state index contributed by atoms with van der Waals surface area (Å²) in [5.74, 6) is 0.233. The second-order valence-corrected chi connectivity index (χ2v) is 8.78. The van der Waals surface area contributed by atoms with Crippen LogP contribution in [0.3, 0.4) is 0 Å². The maximum absolute atomic E-state index is 12.2. The van der Waals surface area contributed by atoms with Crippen LogP contribution < -0.4 is 0 Å². The molecule has 30 heavy (non-hydrogen) atoms. The minimum atomic E-state index is -0.362. The molecule has 1 aliphatic carbocycles. The van der Waals surface area contributed by atoms with E-state index in [4.69, 9.17) is 4.74 Å². The summed E-state index contributed by atoms with van der Waals surface area (Å²) in [5.41, 5.74) is 6.83. The molecule has 0 spiro atoms. The second-order valence-electron chi connectivity index (χ2n) is 8.78. The molecular weight excluding hydrogens is 374 g/mol. The highest BCUT2D eigenvalue weighted by Gasteiger charge is 2.29. The molecule has 1 unspecified atom stereocenters. The highest BCUT2D eigenvalue weighted by Crippen LogP contribution is 2.45. The number of fused-ring (bicyclic) bond motifs is 5. The van der Waals surface area contributed by atoms with Gasteiger partial charge >= 0.3 is 5.97 Å². The summed E-state index contributed by atoms with van der Waals surface area (Å²) in [6.07, 6.45) is 7.34. The zero-order chi connectivity index (χ0) is 20.7. The number of hydrogen-bond acceptors (Lipinski definition) is 3. The highest BCUT2D eigenvalue weighted by molar-refractivity contribution is 5.99. The molecule has 0 bridgehead atoms. The first-order chi connectivity index (χ1) is 14.7. The number of methoxy groups -OCH3 is 1. The van der Waals surface area contributed by atoms with Crippen LogP contribution in [0.25, 0.3) is 22.2 Å². The summed E-state index contributed by atoms with van der Waals surface area (Å²) in [6.45, 7) is 0.749. The molecular formula is C26H29NO3. The van der Waals surface area contributed by atoms with Crippen LogP contribution in [0.2, 0.25) is 0 Å². The molecule has 0 saturated heterocycles. The molecule has 1 aromatic heterocycles. The van der Waals surface area contributed by atoms with Crippen LogP contribution in [0.1, 0.15) is 65.9 Å². The van der Waals surface area contributed by atoms with Gasteiger partial charge in [0.2, 0.25) is 0 Å². The monoisotopic (exact) mass is 403 g/mol. The first-order valence-corrected chi connectivity index (χ1v) is 11.2. The number of aryl methyl sites for hydroxylation is 1. The number of aromatic nitrogens is 1. The summed E-state index contributed by atoms with van der Waals surface area (Å²) in [4.78, 5) is 12.2. The fraction of sp³-hybridized carbons (Fsp3) is 0.423. The van der Waals surface area contributed by atoms with Crippen LogP contribution in [0.15, 0.2) is 42.5 Å². The smallest absolute Gasteiger partial charge is 0.337 e. The van der Waals surface area contributed by atoms with Crippen molar-refractivity contribution in [1.82, 2.24) is 4.57 Å². The Morgan fingerprint density at radius 1 is 1.07 bits per heavy atom. The maximum atomic E-state index is 12.2. The van der Waals surface area contributed by atoms with Gasteiger partial charge in [0.25, 0.3) is 0 Å². The lowest BCUT2D eigenvalue weighted by atomic mass is 9.81. The van der Waals surface area contributed by atoms with Gasteiger partial charge < -0.3 is 14.4 Å². The average Bonchev–Trinajstić information content (AvgIpc) is 3.09. The third-order valence-corrected chi connectivity index (χ3v) is 6.95. The molecule has 1 saturated carbocycles. The van der Waals surface area contributed by atoms with Gasteiger partial charge in [0.1, 0.15) is 0 Å². The number of carbonyl (C=O) groups is 1. The molecule has 1 fully saturated rings. The van der Waals surface area contributed by atoms with Crippen LogP contribution in [-0.2, 0) is 17.7 Å². The van der Waals surface area contributed by atoms with E-state index in [1.807, 2.05) is 12.1 Å². The van der Waals surface area contributed by atoms with Crippen molar-refractivity contribution in [3.8, 4) is 11.3 Å². The van der Waals surface area contributed by atoms with Crippen LogP contribution in [0.5, 0.6) is 0 Å². The fourth-order valence-corrected chi connectivity index (χ4v) is 5.51. The van der Waals surface area contributed by atoms with Gasteiger partial charge in [0.05, 0.1) is 24.5 Å².